The van der Waals surface area contributed by atoms with Crippen molar-refractivity contribution in [3.8, 4) is 0 Å². The van der Waals surface area contributed by atoms with Crippen LogP contribution >= 0.6 is 23.4 Å². The number of nitrogens with zero attached hydrogens (tertiary/aromatic N) is 2. The molecule has 0 radical (unpaired) electrons. The molecule has 0 spiro atoms. The van der Waals surface area contributed by atoms with Gasteiger partial charge in [0, 0.05) is 11.8 Å². The quantitative estimate of drug-likeness (QED) is 0.779. The van der Waals surface area contributed by atoms with Gasteiger partial charge in [0.2, 0.25) is 0 Å². The molecule has 1 aliphatic carbocycles. The van der Waals surface area contributed by atoms with Gasteiger partial charge in [0.05, 0.1) is 5.03 Å². The van der Waals surface area contributed by atoms with Gasteiger partial charge in [-0.15, -0.1) is 11.8 Å². The van der Waals surface area contributed by atoms with E-state index in [9.17, 15) is 0 Å². The molecule has 0 bridgehead atoms. The fourth-order valence-corrected chi connectivity index (χ4v) is 4.15. The van der Waals surface area contributed by atoms with Crippen LogP contribution in [0.2, 0.25) is 5.15 Å². The van der Waals surface area contributed by atoms with Crippen LogP contribution in [0.1, 0.15) is 25.7 Å². The average Bonchev–Trinajstić information content (AvgIpc) is 2.31. The van der Waals surface area contributed by atoms with Gasteiger partial charge < -0.3 is 4.90 Å². The molecule has 100 valence electrons. The molecule has 1 fully saturated rings. The van der Waals surface area contributed by atoms with Gasteiger partial charge >= 0.3 is 0 Å². The Morgan fingerprint density at radius 1 is 1.33 bits per heavy atom. The van der Waals surface area contributed by atoms with Crippen molar-refractivity contribution in [1.29, 1.82) is 0 Å². The van der Waals surface area contributed by atoms with E-state index in [0.717, 1.165) is 10.9 Å². The highest BCUT2D eigenvalue weighted by Crippen LogP contribution is 2.37. The molecule has 1 aliphatic rings. The molecule has 0 amide bonds. The molecule has 1 saturated carbocycles. The topological polar surface area (TPSA) is 16.1 Å². The van der Waals surface area contributed by atoms with Crippen LogP contribution in [-0.2, 0) is 0 Å². The summed E-state index contributed by atoms with van der Waals surface area (Å²) in [7, 11) is 4.32. The molecule has 1 aromatic rings. The molecule has 2 rings (SSSR count). The SMILES string of the molecule is CN(C)C[C@@H]1CCCC[C@@H]1Sc1cccc(Cl)n1. The van der Waals surface area contributed by atoms with Crippen LogP contribution in [0.3, 0.4) is 0 Å². The number of aromatic nitrogens is 1. The molecular formula is C14H21ClN2S. The summed E-state index contributed by atoms with van der Waals surface area (Å²) in [5.74, 6) is 0.777. The normalized spacial score (nSPS) is 24.4. The number of rotatable bonds is 4. The van der Waals surface area contributed by atoms with Gasteiger partial charge in [-0.2, -0.15) is 0 Å². The minimum atomic E-state index is 0.597. The van der Waals surface area contributed by atoms with Crippen molar-refractivity contribution < 1.29 is 0 Å². The Hall–Kier alpha value is -0.250. The first-order valence-electron chi connectivity index (χ1n) is 6.59. The van der Waals surface area contributed by atoms with Crippen LogP contribution in [0.15, 0.2) is 23.2 Å². The predicted octanol–water partition coefficient (Wildman–Crippen LogP) is 3.95. The Labute approximate surface area is 119 Å². The predicted molar refractivity (Wildman–Crippen MR) is 79.4 cm³/mol. The standard InChI is InChI=1S/C14H21ClN2S/c1-17(2)10-11-6-3-4-7-12(11)18-14-9-5-8-13(15)16-14/h5,8-9,11-12H,3-4,6-7,10H2,1-2H3/t11-,12-/m0/s1. The highest BCUT2D eigenvalue weighted by molar-refractivity contribution is 7.99. The second-order valence-electron chi connectivity index (χ2n) is 5.26. The van der Waals surface area contributed by atoms with E-state index in [0.29, 0.717) is 10.4 Å². The highest BCUT2D eigenvalue weighted by atomic mass is 35.5. The Balaban J connectivity index is 2.00. The smallest absolute Gasteiger partial charge is 0.130 e. The Morgan fingerprint density at radius 2 is 2.11 bits per heavy atom. The van der Waals surface area contributed by atoms with Crippen molar-refractivity contribution in [1.82, 2.24) is 9.88 Å². The largest absolute Gasteiger partial charge is 0.309 e. The fraction of sp³-hybridized carbons (Fsp3) is 0.643. The van der Waals surface area contributed by atoms with Crippen LogP contribution in [-0.4, -0.2) is 35.8 Å². The molecule has 1 aromatic heterocycles. The monoisotopic (exact) mass is 284 g/mol. The lowest BCUT2D eigenvalue weighted by molar-refractivity contribution is 0.271. The Morgan fingerprint density at radius 3 is 2.83 bits per heavy atom. The number of hydrogen-bond acceptors (Lipinski definition) is 3. The number of pyridine rings is 1. The minimum absolute atomic E-state index is 0.597. The van der Waals surface area contributed by atoms with Crippen LogP contribution in [0.25, 0.3) is 0 Å². The summed E-state index contributed by atoms with van der Waals surface area (Å²) in [6.07, 6.45) is 5.37. The van der Waals surface area contributed by atoms with Crippen molar-refractivity contribution >= 4 is 23.4 Å². The maximum absolute atomic E-state index is 5.95. The van der Waals surface area contributed by atoms with E-state index in [1.807, 2.05) is 23.9 Å². The van der Waals surface area contributed by atoms with Crippen LogP contribution in [0.5, 0.6) is 0 Å². The van der Waals surface area contributed by atoms with Crippen molar-refractivity contribution in [2.45, 2.75) is 36.0 Å². The summed E-state index contributed by atoms with van der Waals surface area (Å²) in [6.45, 7) is 1.18. The third kappa shape index (κ3) is 4.15. The van der Waals surface area contributed by atoms with Crippen LogP contribution in [0, 0.1) is 5.92 Å². The van der Waals surface area contributed by atoms with Crippen molar-refractivity contribution in [2.75, 3.05) is 20.6 Å². The van der Waals surface area contributed by atoms with Gasteiger partial charge in [-0.05, 0) is 45.0 Å². The zero-order valence-electron chi connectivity index (χ0n) is 11.1. The van der Waals surface area contributed by atoms with E-state index < -0.39 is 0 Å². The number of thioether (sulfide) groups is 1. The Bertz CT molecular complexity index is 384. The van der Waals surface area contributed by atoms with Gasteiger partial charge in [-0.1, -0.05) is 30.5 Å². The maximum Gasteiger partial charge on any atom is 0.130 e. The van der Waals surface area contributed by atoms with E-state index in [1.165, 1.54) is 32.2 Å². The Kier molecular flexibility index (Phi) is 5.34. The van der Waals surface area contributed by atoms with E-state index in [4.69, 9.17) is 11.6 Å². The summed E-state index contributed by atoms with van der Waals surface area (Å²) >= 11 is 7.86. The van der Waals surface area contributed by atoms with Crippen molar-refractivity contribution in [2.24, 2.45) is 5.92 Å². The van der Waals surface area contributed by atoms with Gasteiger partial charge in [0.25, 0.3) is 0 Å². The highest BCUT2D eigenvalue weighted by Gasteiger charge is 2.26. The molecule has 2 atom stereocenters. The molecule has 18 heavy (non-hydrogen) atoms. The fourth-order valence-electron chi connectivity index (χ4n) is 2.62. The minimum Gasteiger partial charge on any atom is -0.309 e. The molecular weight excluding hydrogens is 264 g/mol. The maximum atomic E-state index is 5.95. The van der Waals surface area contributed by atoms with Gasteiger partial charge in [0.15, 0.2) is 0 Å². The molecule has 0 N–H and O–H groups in total. The number of halogens is 1. The lowest BCUT2D eigenvalue weighted by Crippen LogP contribution is -2.31. The van der Waals surface area contributed by atoms with Gasteiger partial charge in [-0.3, -0.25) is 0 Å². The van der Waals surface area contributed by atoms with Gasteiger partial charge in [-0.25, -0.2) is 4.98 Å². The summed E-state index contributed by atoms with van der Waals surface area (Å²) in [5.41, 5.74) is 0. The van der Waals surface area contributed by atoms with Crippen molar-refractivity contribution in [3.63, 3.8) is 0 Å². The lowest BCUT2D eigenvalue weighted by Gasteiger charge is -2.32. The first kappa shape index (κ1) is 14.2. The van der Waals surface area contributed by atoms with E-state index in [1.54, 1.807) is 0 Å². The van der Waals surface area contributed by atoms with Crippen LogP contribution < -0.4 is 0 Å². The second kappa shape index (κ2) is 6.78. The molecule has 4 heteroatoms. The molecule has 0 aliphatic heterocycles. The van der Waals surface area contributed by atoms with Gasteiger partial charge in [0.1, 0.15) is 5.15 Å². The van der Waals surface area contributed by atoms with E-state index in [2.05, 4.69) is 30.0 Å². The molecule has 1 heterocycles. The molecule has 2 nitrogen and oxygen atoms in total. The first-order valence-corrected chi connectivity index (χ1v) is 7.85. The molecule has 0 aromatic carbocycles. The molecule has 0 unspecified atom stereocenters. The summed E-state index contributed by atoms with van der Waals surface area (Å²) in [5, 5.41) is 2.35. The van der Waals surface area contributed by atoms with Crippen LogP contribution in [0.4, 0.5) is 0 Å². The zero-order chi connectivity index (χ0) is 13.0. The van der Waals surface area contributed by atoms with E-state index >= 15 is 0 Å². The third-order valence-electron chi connectivity index (χ3n) is 3.40. The molecule has 0 saturated heterocycles. The number of hydrogen-bond donors (Lipinski definition) is 0. The first-order chi connectivity index (χ1) is 8.65. The zero-order valence-corrected chi connectivity index (χ0v) is 12.7. The average molecular weight is 285 g/mol. The lowest BCUT2D eigenvalue weighted by atomic mass is 9.88. The summed E-state index contributed by atoms with van der Waals surface area (Å²) < 4.78 is 0. The van der Waals surface area contributed by atoms with E-state index in [-0.39, 0.29) is 0 Å². The van der Waals surface area contributed by atoms with Crippen molar-refractivity contribution in [3.05, 3.63) is 23.4 Å². The summed E-state index contributed by atoms with van der Waals surface area (Å²) in [6, 6.07) is 5.89. The summed E-state index contributed by atoms with van der Waals surface area (Å²) in [4.78, 5) is 6.70. The third-order valence-corrected chi connectivity index (χ3v) is 5.00. The second-order valence-corrected chi connectivity index (χ2v) is 6.91.